The minimum atomic E-state index is 0. The molecule has 0 aromatic heterocycles. The molecule has 0 saturated carbocycles. The molecule has 2 saturated heterocycles. The second-order valence-electron chi connectivity index (χ2n) is 10.8. The van der Waals surface area contributed by atoms with E-state index in [2.05, 4.69) is 52.7 Å². The third-order valence-electron chi connectivity index (χ3n) is 8.01. The zero-order valence-corrected chi connectivity index (χ0v) is 19.1. The van der Waals surface area contributed by atoms with Gasteiger partial charge >= 0.3 is 0 Å². The number of nitrogens with one attached hydrogen (secondary N) is 1. The Morgan fingerprint density at radius 1 is 0.657 bits per heavy atom. The van der Waals surface area contributed by atoms with Crippen LogP contribution in [0.15, 0.2) is 66.7 Å². The Morgan fingerprint density at radius 3 is 1.71 bits per heavy atom. The predicted molar refractivity (Wildman–Crippen MR) is 144 cm³/mol. The van der Waals surface area contributed by atoms with Crippen molar-refractivity contribution in [2.75, 3.05) is 26.2 Å². The van der Waals surface area contributed by atoms with Gasteiger partial charge in [0.2, 0.25) is 0 Å². The molecule has 3 aromatic rings. The molecule has 2 fully saturated rings. The summed E-state index contributed by atoms with van der Waals surface area (Å²) in [4.78, 5) is 2.53. The Balaban J connectivity index is 0.000000168. The number of rotatable bonds is 2. The quantitative estimate of drug-likeness (QED) is 0.471. The highest BCUT2D eigenvalue weighted by Gasteiger charge is 2.46. The molecule has 3 aromatic carbocycles. The van der Waals surface area contributed by atoms with Crippen molar-refractivity contribution in [2.45, 2.75) is 47.1 Å². The molecule has 0 atom stereocenters. The van der Waals surface area contributed by atoms with Crippen molar-refractivity contribution in [3.05, 3.63) is 94.5 Å². The molecule has 186 valence electrons. The van der Waals surface area contributed by atoms with Crippen LogP contribution in [-0.2, 0) is 32.2 Å². The Kier molecular flexibility index (Phi) is 6.99. The standard InChI is InChI=1S/C18H19NO.C11H13NO.2CH4/c20-17-7-6-15-9-18(10-16(15)8-17)12-19(13-18)11-14-4-2-1-3-5-14;13-10-2-1-8-4-11(6-12-7-11)5-9(8)3-10;;/h1-8,20H,9-13H2;1-3,12-13H,4-7H2;2*1H4. The van der Waals surface area contributed by atoms with Gasteiger partial charge in [0.25, 0.3) is 0 Å². The molecule has 4 heteroatoms. The van der Waals surface area contributed by atoms with E-state index in [0.29, 0.717) is 22.3 Å². The van der Waals surface area contributed by atoms with Gasteiger partial charge in [0.15, 0.2) is 0 Å². The van der Waals surface area contributed by atoms with Gasteiger partial charge in [0, 0.05) is 43.6 Å². The first-order valence-electron chi connectivity index (χ1n) is 12.1. The highest BCUT2D eigenvalue weighted by atomic mass is 16.3. The maximum Gasteiger partial charge on any atom is 0.115 e. The highest BCUT2D eigenvalue weighted by Crippen LogP contribution is 2.45. The molecular weight excluding hydrogens is 432 g/mol. The van der Waals surface area contributed by atoms with Crippen LogP contribution in [0.25, 0.3) is 0 Å². The van der Waals surface area contributed by atoms with Crippen molar-refractivity contribution in [3.63, 3.8) is 0 Å². The monoisotopic (exact) mass is 472 g/mol. The van der Waals surface area contributed by atoms with Crippen molar-refractivity contribution < 1.29 is 10.2 Å². The molecule has 35 heavy (non-hydrogen) atoms. The maximum absolute atomic E-state index is 9.59. The fourth-order valence-electron chi connectivity index (χ4n) is 6.45. The molecule has 0 unspecified atom stereocenters. The van der Waals surface area contributed by atoms with E-state index in [-0.39, 0.29) is 14.9 Å². The number of likely N-dealkylation sites (tertiary alicyclic amines) is 1. The molecule has 4 aliphatic rings. The molecule has 0 bridgehead atoms. The molecular formula is C31H40N2O2. The largest absolute Gasteiger partial charge is 0.508 e. The number of phenolic OH excluding ortho intramolecular Hbond substituents is 2. The number of hydrogen-bond acceptors (Lipinski definition) is 4. The van der Waals surface area contributed by atoms with E-state index in [1.165, 1.54) is 53.7 Å². The lowest BCUT2D eigenvalue weighted by atomic mass is 9.77. The summed E-state index contributed by atoms with van der Waals surface area (Å²) >= 11 is 0. The highest BCUT2D eigenvalue weighted by molar-refractivity contribution is 5.42. The van der Waals surface area contributed by atoms with Gasteiger partial charge in [-0.3, -0.25) is 4.90 Å². The van der Waals surface area contributed by atoms with Gasteiger partial charge in [0.1, 0.15) is 11.5 Å². The third kappa shape index (κ3) is 4.96. The van der Waals surface area contributed by atoms with Crippen molar-refractivity contribution in [1.82, 2.24) is 10.2 Å². The van der Waals surface area contributed by atoms with Crippen molar-refractivity contribution in [1.29, 1.82) is 0 Å². The van der Waals surface area contributed by atoms with Crippen LogP contribution in [0.3, 0.4) is 0 Å². The molecule has 0 amide bonds. The van der Waals surface area contributed by atoms with Gasteiger partial charge in [-0.2, -0.15) is 0 Å². The Labute approximate surface area is 210 Å². The topological polar surface area (TPSA) is 55.7 Å². The number of fused-ring (bicyclic) bond motifs is 2. The van der Waals surface area contributed by atoms with E-state index in [9.17, 15) is 10.2 Å². The summed E-state index contributed by atoms with van der Waals surface area (Å²) in [6.07, 6.45) is 4.63. The van der Waals surface area contributed by atoms with E-state index in [1.54, 1.807) is 6.07 Å². The fraction of sp³-hybridized carbons (Fsp3) is 0.419. The summed E-state index contributed by atoms with van der Waals surface area (Å²) in [7, 11) is 0. The minimum Gasteiger partial charge on any atom is -0.508 e. The first-order valence-corrected chi connectivity index (χ1v) is 12.1. The van der Waals surface area contributed by atoms with Crippen LogP contribution in [0.4, 0.5) is 0 Å². The first-order chi connectivity index (χ1) is 16.0. The summed E-state index contributed by atoms with van der Waals surface area (Å²) in [6, 6.07) is 22.3. The molecule has 2 heterocycles. The van der Waals surface area contributed by atoms with E-state index in [1.807, 2.05) is 18.2 Å². The maximum atomic E-state index is 9.59. The van der Waals surface area contributed by atoms with Crippen molar-refractivity contribution in [2.24, 2.45) is 10.8 Å². The summed E-state index contributed by atoms with van der Waals surface area (Å²) < 4.78 is 0. The normalized spacial score (nSPS) is 19.8. The van der Waals surface area contributed by atoms with Crippen LogP contribution in [0.2, 0.25) is 0 Å². The zero-order valence-electron chi connectivity index (χ0n) is 19.1. The van der Waals surface area contributed by atoms with Crippen molar-refractivity contribution in [3.8, 4) is 11.5 Å². The van der Waals surface area contributed by atoms with E-state index >= 15 is 0 Å². The number of aromatic hydroxyl groups is 2. The second kappa shape index (κ2) is 9.67. The third-order valence-corrected chi connectivity index (χ3v) is 8.01. The van der Waals surface area contributed by atoms with Gasteiger partial charge in [-0.05, 0) is 77.8 Å². The van der Waals surface area contributed by atoms with Crippen LogP contribution >= 0.6 is 0 Å². The van der Waals surface area contributed by atoms with Crippen LogP contribution in [-0.4, -0.2) is 41.3 Å². The van der Waals surface area contributed by atoms with Gasteiger partial charge in [-0.1, -0.05) is 57.3 Å². The molecule has 2 aliphatic heterocycles. The first kappa shape index (κ1) is 25.3. The molecule has 2 spiro atoms. The lowest BCUT2D eigenvalue weighted by molar-refractivity contribution is 0.00243. The number of benzene rings is 3. The van der Waals surface area contributed by atoms with Crippen LogP contribution in [0, 0.1) is 10.8 Å². The van der Waals surface area contributed by atoms with Gasteiger partial charge < -0.3 is 15.5 Å². The Bertz CT molecular complexity index is 1160. The predicted octanol–water partition coefficient (Wildman–Crippen LogP) is 5.35. The molecule has 2 aliphatic carbocycles. The molecule has 0 radical (unpaired) electrons. The summed E-state index contributed by atoms with van der Waals surface area (Å²) in [5, 5.41) is 22.3. The van der Waals surface area contributed by atoms with Crippen LogP contribution < -0.4 is 5.32 Å². The lowest BCUT2D eigenvalue weighted by Gasteiger charge is -2.48. The van der Waals surface area contributed by atoms with E-state index < -0.39 is 0 Å². The number of phenols is 2. The molecule has 7 rings (SSSR count). The fourth-order valence-corrected chi connectivity index (χ4v) is 6.45. The van der Waals surface area contributed by atoms with E-state index in [0.717, 1.165) is 32.5 Å². The Hall–Kier alpha value is -2.82. The number of nitrogens with zero attached hydrogens (tertiary/aromatic N) is 1. The second-order valence-corrected chi connectivity index (χ2v) is 10.8. The average Bonchev–Trinajstić information content (AvgIpc) is 3.33. The molecule has 3 N–H and O–H groups in total. The molecule has 4 nitrogen and oxygen atoms in total. The number of hydrogen-bond donors (Lipinski definition) is 3. The minimum absolute atomic E-state index is 0. The zero-order chi connectivity index (χ0) is 22.5. The van der Waals surface area contributed by atoms with E-state index in [4.69, 9.17) is 0 Å². The van der Waals surface area contributed by atoms with Gasteiger partial charge in [-0.25, -0.2) is 0 Å². The van der Waals surface area contributed by atoms with Gasteiger partial charge in [-0.15, -0.1) is 0 Å². The van der Waals surface area contributed by atoms with Crippen LogP contribution in [0.5, 0.6) is 11.5 Å². The average molecular weight is 473 g/mol. The van der Waals surface area contributed by atoms with Crippen LogP contribution in [0.1, 0.15) is 42.7 Å². The Morgan fingerprint density at radius 2 is 1.17 bits per heavy atom. The summed E-state index contributed by atoms with van der Waals surface area (Å²) in [6.45, 7) is 5.70. The van der Waals surface area contributed by atoms with Crippen molar-refractivity contribution >= 4 is 0 Å². The van der Waals surface area contributed by atoms with Gasteiger partial charge in [0.05, 0.1) is 0 Å². The summed E-state index contributed by atoms with van der Waals surface area (Å²) in [5.41, 5.74) is 7.89. The smallest absolute Gasteiger partial charge is 0.115 e. The lowest BCUT2D eigenvalue weighted by Crippen LogP contribution is -2.56. The summed E-state index contributed by atoms with van der Waals surface area (Å²) in [5.74, 6) is 0.810. The SMILES string of the molecule is C.C.Oc1ccc2c(c1)CC1(C2)CN(Cc2ccccc2)C1.Oc1ccc2c(c1)CC1(CNC1)C2.